The molecule has 1 aromatic carbocycles. The van der Waals surface area contributed by atoms with Crippen molar-refractivity contribution >= 4 is 17.3 Å². The number of benzene rings is 1. The summed E-state index contributed by atoms with van der Waals surface area (Å²) in [5, 5.41) is 2.92. The Morgan fingerprint density at radius 2 is 2.00 bits per heavy atom. The standard InChI is InChI=1S/C13H20N2O/c1-4-10(5-2)13(16)15-12-9(3)7-6-8-11(12)14/h6-8,10H,4-5,14H2,1-3H3,(H,15,16). The second kappa shape index (κ2) is 5.54. The highest BCUT2D eigenvalue weighted by molar-refractivity contribution is 5.96. The lowest BCUT2D eigenvalue weighted by Crippen LogP contribution is -2.22. The molecule has 3 heteroatoms. The molecule has 16 heavy (non-hydrogen) atoms. The van der Waals surface area contributed by atoms with Crippen LogP contribution in [0.15, 0.2) is 18.2 Å². The molecule has 3 N–H and O–H groups in total. The molecule has 0 unspecified atom stereocenters. The van der Waals surface area contributed by atoms with Gasteiger partial charge in [0.2, 0.25) is 5.91 Å². The number of aryl methyl sites for hydroxylation is 1. The van der Waals surface area contributed by atoms with Gasteiger partial charge in [-0.1, -0.05) is 26.0 Å². The quantitative estimate of drug-likeness (QED) is 0.766. The maximum atomic E-state index is 11.9. The molecule has 0 saturated heterocycles. The third-order valence-corrected chi connectivity index (χ3v) is 2.91. The van der Waals surface area contributed by atoms with Gasteiger partial charge in [0.1, 0.15) is 0 Å². The van der Waals surface area contributed by atoms with Crippen LogP contribution in [-0.2, 0) is 4.79 Å². The highest BCUT2D eigenvalue weighted by atomic mass is 16.1. The Kier molecular flexibility index (Phi) is 4.35. The summed E-state index contributed by atoms with van der Waals surface area (Å²) in [6.07, 6.45) is 1.71. The molecule has 0 aliphatic carbocycles. The first-order valence-corrected chi connectivity index (χ1v) is 5.76. The van der Waals surface area contributed by atoms with Crippen molar-refractivity contribution < 1.29 is 4.79 Å². The Morgan fingerprint density at radius 1 is 1.38 bits per heavy atom. The predicted octanol–water partition coefficient (Wildman–Crippen LogP) is 2.95. The van der Waals surface area contributed by atoms with Crippen molar-refractivity contribution in [2.45, 2.75) is 33.6 Å². The molecule has 0 aromatic heterocycles. The lowest BCUT2D eigenvalue weighted by atomic mass is 10.0. The third kappa shape index (κ3) is 2.75. The number of nitrogen functional groups attached to an aromatic ring is 1. The molecule has 88 valence electrons. The Balaban J connectivity index is 2.84. The van der Waals surface area contributed by atoms with Gasteiger partial charge in [-0.05, 0) is 31.4 Å². The summed E-state index contributed by atoms with van der Waals surface area (Å²) in [7, 11) is 0. The van der Waals surface area contributed by atoms with Crippen LogP contribution in [0.4, 0.5) is 11.4 Å². The molecule has 0 saturated carbocycles. The first-order chi connectivity index (χ1) is 7.60. The summed E-state index contributed by atoms with van der Waals surface area (Å²) in [5.41, 5.74) is 8.21. The van der Waals surface area contributed by atoms with Crippen molar-refractivity contribution in [1.82, 2.24) is 0 Å². The number of carbonyl (C=O) groups is 1. The van der Waals surface area contributed by atoms with Crippen LogP contribution >= 0.6 is 0 Å². The zero-order chi connectivity index (χ0) is 12.1. The zero-order valence-corrected chi connectivity index (χ0v) is 10.2. The van der Waals surface area contributed by atoms with E-state index >= 15 is 0 Å². The van der Waals surface area contributed by atoms with E-state index in [-0.39, 0.29) is 11.8 Å². The van der Waals surface area contributed by atoms with Crippen molar-refractivity contribution in [3.8, 4) is 0 Å². The Hall–Kier alpha value is -1.51. The van der Waals surface area contributed by atoms with Crippen molar-refractivity contribution in [1.29, 1.82) is 0 Å². The van der Waals surface area contributed by atoms with Crippen molar-refractivity contribution in [2.75, 3.05) is 11.1 Å². The summed E-state index contributed by atoms with van der Waals surface area (Å²) in [4.78, 5) is 11.9. The van der Waals surface area contributed by atoms with Gasteiger partial charge in [0.15, 0.2) is 0 Å². The van der Waals surface area contributed by atoms with Crippen molar-refractivity contribution in [3.63, 3.8) is 0 Å². The van der Waals surface area contributed by atoms with Crippen molar-refractivity contribution in [2.24, 2.45) is 5.92 Å². The van der Waals surface area contributed by atoms with Gasteiger partial charge in [0.05, 0.1) is 11.4 Å². The SMILES string of the molecule is CCC(CC)C(=O)Nc1c(C)cccc1N. The van der Waals surface area contributed by atoms with Gasteiger partial charge in [0.25, 0.3) is 0 Å². The van der Waals surface area contributed by atoms with Gasteiger partial charge in [-0.2, -0.15) is 0 Å². The second-order valence-electron chi connectivity index (χ2n) is 4.04. The minimum absolute atomic E-state index is 0.0611. The Bertz CT molecular complexity index is 350. The average molecular weight is 220 g/mol. The van der Waals surface area contributed by atoms with Crippen LogP contribution in [0.2, 0.25) is 0 Å². The van der Waals surface area contributed by atoms with Crippen LogP contribution in [0.5, 0.6) is 0 Å². The topological polar surface area (TPSA) is 55.1 Å². The molecule has 1 rings (SSSR count). The van der Waals surface area contributed by atoms with Gasteiger partial charge in [-0.15, -0.1) is 0 Å². The minimum atomic E-state index is 0.0611. The van der Waals surface area contributed by atoms with Crippen LogP contribution in [0.25, 0.3) is 0 Å². The van der Waals surface area contributed by atoms with E-state index in [1.54, 1.807) is 6.07 Å². The molecule has 0 radical (unpaired) electrons. The summed E-state index contributed by atoms with van der Waals surface area (Å²) in [5.74, 6) is 0.130. The summed E-state index contributed by atoms with van der Waals surface area (Å²) in [6.45, 7) is 5.99. The lowest BCUT2D eigenvalue weighted by molar-refractivity contribution is -0.120. The molecule has 0 aliphatic heterocycles. The van der Waals surface area contributed by atoms with Crippen molar-refractivity contribution in [3.05, 3.63) is 23.8 Å². The van der Waals surface area contributed by atoms with E-state index in [1.807, 2.05) is 32.9 Å². The van der Waals surface area contributed by atoms with Crippen LogP contribution < -0.4 is 11.1 Å². The van der Waals surface area contributed by atoms with Crippen LogP contribution in [0.3, 0.4) is 0 Å². The highest BCUT2D eigenvalue weighted by Gasteiger charge is 2.15. The monoisotopic (exact) mass is 220 g/mol. The van der Waals surface area contributed by atoms with Gasteiger partial charge in [-0.25, -0.2) is 0 Å². The molecule has 0 fully saturated rings. The van der Waals surface area contributed by atoms with E-state index in [2.05, 4.69) is 5.32 Å². The number of hydrogen-bond donors (Lipinski definition) is 2. The number of amides is 1. The molecule has 0 spiro atoms. The average Bonchev–Trinajstić information content (AvgIpc) is 2.25. The summed E-state index contributed by atoms with van der Waals surface area (Å²) >= 11 is 0. The molecule has 1 aromatic rings. The number of anilines is 2. The summed E-state index contributed by atoms with van der Waals surface area (Å²) in [6, 6.07) is 5.63. The largest absolute Gasteiger partial charge is 0.397 e. The fourth-order valence-electron chi connectivity index (χ4n) is 1.75. The number of para-hydroxylation sites is 1. The van der Waals surface area contributed by atoms with Gasteiger partial charge in [0, 0.05) is 5.92 Å². The van der Waals surface area contributed by atoms with Gasteiger partial charge < -0.3 is 11.1 Å². The van der Waals surface area contributed by atoms with Crippen LogP contribution in [0.1, 0.15) is 32.3 Å². The second-order valence-corrected chi connectivity index (χ2v) is 4.04. The van der Waals surface area contributed by atoms with Crippen LogP contribution in [-0.4, -0.2) is 5.91 Å². The minimum Gasteiger partial charge on any atom is -0.397 e. The van der Waals surface area contributed by atoms with E-state index < -0.39 is 0 Å². The summed E-state index contributed by atoms with van der Waals surface area (Å²) < 4.78 is 0. The molecular weight excluding hydrogens is 200 g/mol. The molecule has 0 bridgehead atoms. The number of nitrogens with one attached hydrogen (secondary N) is 1. The number of hydrogen-bond acceptors (Lipinski definition) is 2. The molecule has 0 heterocycles. The smallest absolute Gasteiger partial charge is 0.227 e. The van der Waals surface area contributed by atoms with E-state index in [0.717, 1.165) is 24.1 Å². The number of carbonyl (C=O) groups excluding carboxylic acids is 1. The van der Waals surface area contributed by atoms with Crippen LogP contribution in [0, 0.1) is 12.8 Å². The fraction of sp³-hybridized carbons (Fsp3) is 0.462. The van der Waals surface area contributed by atoms with E-state index in [1.165, 1.54) is 0 Å². The molecule has 1 amide bonds. The predicted molar refractivity (Wildman–Crippen MR) is 68.3 cm³/mol. The number of rotatable bonds is 4. The third-order valence-electron chi connectivity index (χ3n) is 2.91. The number of nitrogens with two attached hydrogens (primary N) is 1. The highest BCUT2D eigenvalue weighted by Crippen LogP contribution is 2.23. The molecular formula is C13H20N2O. The first kappa shape index (κ1) is 12.6. The van der Waals surface area contributed by atoms with E-state index in [9.17, 15) is 4.79 Å². The molecule has 3 nitrogen and oxygen atoms in total. The molecule has 0 atom stereocenters. The lowest BCUT2D eigenvalue weighted by Gasteiger charge is -2.15. The Labute approximate surface area is 97.0 Å². The maximum Gasteiger partial charge on any atom is 0.227 e. The van der Waals surface area contributed by atoms with Gasteiger partial charge >= 0.3 is 0 Å². The maximum absolute atomic E-state index is 11.9. The Morgan fingerprint density at radius 3 is 2.50 bits per heavy atom. The first-order valence-electron chi connectivity index (χ1n) is 5.76. The van der Waals surface area contributed by atoms with E-state index in [0.29, 0.717) is 5.69 Å². The normalized spacial score (nSPS) is 10.5. The fourth-order valence-corrected chi connectivity index (χ4v) is 1.75. The van der Waals surface area contributed by atoms with Gasteiger partial charge in [-0.3, -0.25) is 4.79 Å². The molecule has 0 aliphatic rings. The zero-order valence-electron chi connectivity index (χ0n) is 10.2. The van der Waals surface area contributed by atoms with E-state index in [4.69, 9.17) is 5.73 Å².